The molecular formula is C5H4Cl2. The third-order valence-corrected chi connectivity index (χ3v) is 1.34. The lowest BCUT2D eigenvalue weighted by atomic mass is 10.4. The standard InChI is InChI=1S/C5H4Cl2/c6-4-1-2-5(7)3-4/h1,4H,3H2. The van der Waals surface area contributed by atoms with Gasteiger partial charge in [0.15, 0.2) is 0 Å². The van der Waals surface area contributed by atoms with E-state index in [1.807, 2.05) is 0 Å². The molecule has 38 valence electrons. The van der Waals surface area contributed by atoms with Gasteiger partial charge in [0, 0.05) is 6.42 Å². The van der Waals surface area contributed by atoms with Crippen LogP contribution in [-0.4, -0.2) is 5.38 Å². The minimum absolute atomic E-state index is 0.0903. The first-order valence-electron chi connectivity index (χ1n) is 2.04. The Labute approximate surface area is 52.4 Å². The molecular weight excluding hydrogens is 131 g/mol. The average molecular weight is 135 g/mol. The Hall–Kier alpha value is 0.1000. The lowest BCUT2D eigenvalue weighted by molar-refractivity contribution is 1.08. The fraction of sp³-hybridized carbons (Fsp3) is 0.400. The van der Waals surface area contributed by atoms with Crippen LogP contribution in [0.2, 0.25) is 0 Å². The summed E-state index contributed by atoms with van der Waals surface area (Å²) in [5, 5.41) is 0.826. The van der Waals surface area contributed by atoms with Crippen LogP contribution < -0.4 is 0 Å². The van der Waals surface area contributed by atoms with Gasteiger partial charge in [-0.15, -0.1) is 17.3 Å². The normalized spacial score (nSPS) is 28.3. The highest BCUT2D eigenvalue weighted by Gasteiger charge is 2.05. The molecule has 1 aliphatic rings. The lowest BCUT2D eigenvalue weighted by Gasteiger charge is -1.89. The Kier molecular flexibility index (Phi) is 1.43. The monoisotopic (exact) mass is 134 g/mol. The van der Waals surface area contributed by atoms with Gasteiger partial charge in [-0.2, -0.15) is 0 Å². The van der Waals surface area contributed by atoms with Gasteiger partial charge in [-0.25, -0.2) is 0 Å². The molecule has 0 nitrogen and oxygen atoms in total. The van der Waals surface area contributed by atoms with E-state index in [4.69, 9.17) is 23.2 Å². The summed E-state index contributed by atoms with van der Waals surface area (Å²) in [7, 11) is 0. The van der Waals surface area contributed by atoms with Crippen LogP contribution in [0, 0.1) is 0 Å². The van der Waals surface area contributed by atoms with E-state index in [0.29, 0.717) is 0 Å². The number of allylic oxidation sites excluding steroid dienone is 1. The van der Waals surface area contributed by atoms with Crippen molar-refractivity contribution in [2.45, 2.75) is 11.8 Å². The summed E-state index contributed by atoms with van der Waals surface area (Å²) < 4.78 is 0. The maximum absolute atomic E-state index is 5.58. The van der Waals surface area contributed by atoms with Crippen molar-refractivity contribution in [2.75, 3.05) is 0 Å². The maximum Gasteiger partial charge on any atom is 0.0645 e. The Balaban J connectivity index is 2.62. The first-order chi connectivity index (χ1) is 3.29. The summed E-state index contributed by atoms with van der Waals surface area (Å²) in [6, 6.07) is 0. The van der Waals surface area contributed by atoms with Gasteiger partial charge in [0.1, 0.15) is 0 Å². The van der Waals surface area contributed by atoms with E-state index in [-0.39, 0.29) is 5.38 Å². The molecule has 0 saturated carbocycles. The summed E-state index contributed by atoms with van der Waals surface area (Å²) >= 11 is 11.1. The second-order valence-electron chi connectivity index (χ2n) is 1.44. The van der Waals surface area contributed by atoms with E-state index < -0.39 is 0 Å². The average Bonchev–Trinajstić information content (AvgIpc) is 1.87. The van der Waals surface area contributed by atoms with Crippen LogP contribution in [0.1, 0.15) is 6.42 Å². The van der Waals surface area contributed by atoms with Crippen molar-refractivity contribution in [3.8, 4) is 0 Å². The van der Waals surface area contributed by atoms with E-state index in [9.17, 15) is 0 Å². The van der Waals surface area contributed by atoms with Crippen molar-refractivity contribution in [3.63, 3.8) is 0 Å². The van der Waals surface area contributed by atoms with E-state index in [1.54, 1.807) is 6.08 Å². The van der Waals surface area contributed by atoms with Gasteiger partial charge in [-0.05, 0) is 6.08 Å². The summed E-state index contributed by atoms with van der Waals surface area (Å²) in [4.78, 5) is 0. The summed E-state index contributed by atoms with van der Waals surface area (Å²) in [6.45, 7) is 0. The van der Waals surface area contributed by atoms with Crippen molar-refractivity contribution in [3.05, 3.63) is 16.8 Å². The topological polar surface area (TPSA) is 0 Å². The highest BCUT2D eigenvalue weighted by Crippen LogP contribution is 2.19. The van der Waals surface area contributed by atoms with Crippen molar-refractivity contribution >= 4 is 23.2 Å². The van der Waals surface area contributed by atoms with Gasteiger partial charge in [-0.3, -0.25) is 0 Å². The summed E-state index contributed by atoms with van der Waals surface area (Å²) in [6.07, 6.45) is 2.52. The van der Waals surface area contributed by atoms with Crippen LogP contribution in [0.25, 0.3) is 0 Å². The van der Waals surface area contributed by atoms with Gasteiger partial charge in [0.2, 0.25) is 0 Å². The van der Waals surface area contributed by atoms with Gasteiger partial charge in [-0.1, -0.05) is 11.6 Å². The fourth-order valence-electron chi connectivity index (χ4n) is 0.470. The molecule has 0 heterocycles. The molecule has 0 bridgehead atoms. The van der Waals surface area contributed by atoms with Crippen molar-refractivity contribution in [1.29, 1.82) is 0 Å². The van der Waals surface area contributed by atoms with Crippen LogP contribution in [0.15, 0.2) is 16.8 Å². The van der Waals surface area contributed by atoms with E-state index in [1.165, 1.54) is 0 Å². The molecule has 0 aromatic rings. The van der Waals surface area contributed by atoms with Gasteiger partial charge in [0.05, 0.1) is 10.4 Å². The van der Waals surface area contributed by atoms with Crippen molar-refractivity contribution < 1.29 is 0 Å². The number of hydrogen-bond donors (Lipinski definition) is 0. The van der Waals surface area contributed by atoms with Crippen LogP contribution in [0.4, 0.5) is 0 Å². The molecule has 0 saturated heterocycles. The predicted molar refractivity (Wildman–Crippen MR) is 31.7 cm³/mol. The van der Waals surface area contributed by atoms with E-state index in [2.05, 4.69) is 5.73 Å². The van der Waals surface area contributed by atoms with Crippen LogP contribution in [-0.2, 0) is 0 Å². The molecule has 0 amide bonds. The molecule has 0 fully saturated rings. The third kappa shape index (κ3) is 1.24. The molecule has 7 heavy (non-hydrogen) atoms. The van der Waals surface area contributed by atoms with Gasteiger partial charge >= 0.3 is 0 Å². The molecule has 0 aromatic heterocycles. The van der Waals surface area contributed by atoms with E-state index >= 15 is 0 Å². The molecule has 0 aliphatic heterocycles. The Bertz CT molecular complexity index is 131. The zero-order chi connectivity index (χ0) is 5.28. The van der Waals surface area contributed by atoms with Crippen LogP contribution in [0.3, 0.4) is 0 Å². The number of hydrogen-bond acceptors (Lipinski definition) is 0. The molecule has 2 heteroatoms. The zero-order valence-electron chi connectivity index (χ0n) is 3.62. The molecule has 0 spiro atoms. The van der Waals surface area contributed by atoms with Gasteiger partial charge < -0.3 is 0 Å². The third-order valence-electron chi connectivity index (χ3n) is 0.795. The van der Waals surface area contributed by atoms with Crippen molar-refractivity contribution in [1.82, 2.24) is 0 Å². The number of halogens is 2. The SMILES string of the molecule is ClC1=C=CC(Cl)C1. The van der Waals surface area contributed by atoms with E-state index in [0.717, 1.165) is 11.5 Å². The number of alkyl halides is 1. The molecule has 1 atom stereocenters. The quantitative estimate of drug-likeness (QED) is 0.353. The number of rotatable bonds is 0. The molecule has 0 N–H and O–H groups in total. The molecule has 1 rings (SSSR count). The zero-order valence-corrected chi connectivity index (χ0v) is 5.13. The minimum atomic E-state index is 0.0903. The summed E-state index contributed by atoms with van der Waals surface area (Å²) in [5.41, 5.74) is 2.79. The van der Waals surface area contributed by atoms with Crippen LogP contribution >= 0.6 is 23.2 Å². The summed E-state index contributed by atoms with van der Waals surface area (Å²) in [5.74, 6) is 0. The molecule has 0 aromatic carbocycles. The Morgan fingerprint density at radius 3 is 2.71 bits per heavy atom. The first-order valence-corrected chi connectivity index (χ1v) is 2.86. The maximum atomic E-state index is 5.58. The largest absolute Gasteiger partial charge is 0.117 e. The minimum Gasteiger partial charge on any atom is -0.117 e. The first kappa shape index (κ1) is 5.24. The highest BCUT2D eigenvalue weighted by molar-refractivity contribution is 6.31. The van der Waals surface area contributed by atoms with Crippen molar-refractivity contribution in [2.24, 2.45) is 0 Å². The molecule has 1 aliphatic carbocycles. The smallest absolute Gasteiger partial charge is 0.0645 e. The van der Waals surface area contributed by atoms with Gasteiger partial charge in [0.25, 0.3) is 0 Å². The highest BCUT2D eigenvalue weighted by atomic mass is 35.5. The Morgan fingerprint density at radius 1 is 1.86 bits per heavy atom. The Morgan fingerprint density at radius 2 is 2.57 bits per heavy atom. The lowest BCUT2D eigenvalue weighted by Crippen LogP contribution is -1.84. The fourth-order valence-corrected chi connectivity index (χ4v) is 0.995. The predicted octanol–water partition coefficient (Wildman–Crippen LogP) is 2.28. The molecule has 1 unspecified atom stereocenters. The van der Waals surface area contributed by atoms with Crippen LogP contribution in [0.5, 0.6) is 0 Å². The second-order valence-corrected chi connectivity index (χ2v) is 2.45. The molecule has 0 radical (unpaired) electrons. The second kappa shape index (κ2) is 1.92.